The molecule has 0 fully saturated rings. The van der Waals surface area contributed by atoms with Crippen LogP contribution in [0.5, 0.6) is 0 Å². The fourth-order valence-corrected chi connectivity index (χ4v) is 0. The lowest BCUT2D eigenvalue weighted by Gasteiger charge is -1.85. The quantitative estimate of drug-likeness (QED) is 0.570. The molecule has 0 aliphatic heterocycles. The first-order chi connectivity index (χ1) is 2.64. The second-order valence-electron chi connectivity index (χ2n) is 0.703. The molecule has 0 atom stereocenters. The standard InChI is InChI=1S/C2H3Cl2NO.ClH/c3-1(4)2(5)6;/h1H,(H2,5,6);1H. The van der Waals surface area contributed by atoms with Crippen molar-refractivity contribution in [3.05, 3.63) is 0 Å². The summed E-state index contributed by atoms with van der Waals surface area (Å²) in [6, 6.07) is 0. The van der Waals surface area contributed by atoms with Crippen LogP contribution in [-0.4, -0.2) is 10.7 Å². The van der Waals surface area contributed by atoms with Crippen LogP contribution in [0, 0.1) is 0 Å². The van der Waals surface area contributed by atoms with Gasteiger partial charge in [0, 0.05) is 0 Å². The Morgan fingerprint density at radius 3 is 1.71 bits per heavy atom. The lowest BCUT2D eigenvalue weighted by atomic mass is 10.8. The Bertz CT molecular complexity index is 64.0. The number of carbonyl (C=O) groups excluding carboxylic acids is 1. The summed E-state index contributed by atoms with van der Waals surface area (Å²) in [5.74, 6) is -0.710. The van der Waals surface area contributed by atoms with Crippen molar-refractivity contribution in [1.82, 2.24) is 0 Å². The zero-order chi connectivity index (χ0) is 5.15. The van der Waals surface area contributed by atoms with E-state index in [-0.39, 0.29) is 12.4 Å². The monoisotopic (exact) mass is 163 g/mol. The summed E-state index contributed by atoms with van der Waals surface area (Å²) >= 11 is 9.81. The number of alkyl halides is 2. The molecule has 2 N–H and O–H groups in total. The van der Waals surface area contributed by atoms with E-state index >= 15 is 0 Å². The van der Waals surface area contributed by atoms with Gasteiger partial charge in [0.05, 0.1) is 0 Å². The fraction of sp³-hybridized carbons (Fsp3) is 0.500. The van der Waals surface area contributed by atoms with Crippen LogP contribution in [0.15, 0.2) is 0 Å². The van der Waals surface area contributed by atoms with Crippen molar-refractivity contribution in [2.75, 3.05) is 0 Å². The van der Waals surface area contributed by atoms with Crippen LogP contribution in [0.25, 0.3) is 0 Å². The summed E-state index contributed by atoms with van der Waals surface area (Å²) in [4.78, 5) is 8.59. The van der Waals surface area contributed by atoms with Crippen LogP contribution in [0.4, 0.5) is 0 Å². The molecule has 0 heterocycles. The molecule has 7 heavy (non-hydrogen) atoms. The molecule has 0 saturated carbocycles. The molecule has 0 aromatic heterocycles. The summed E-state index contributed by atoms with van der Waals surface area (Å²) in [5, 5.41) is 0. The van der Waals surface area contributed by atoms with Crippen LogP contribution in [0.1, 0.15) is 0 Å². The van der Waals surface area contributed by atoms with Gasteiger partial charge in [0.15, 0.2) is 4.84 Å². The highest BCUT2D eigenvalue weighted by atomic mass is 35.5. The Balaban J connectivity index is 0. The molecule has 0 unspecified atom stereocenters. The third-order valence-electron chi connectivity index (χ3n) is 0.215. The van der Waals surface area contributed by atoms with E-state index in [4.69, 9.17) is 23.2 Å². The average molecular weight is 164 g/mol. The molecule has 0 aromatic carbocycles. The maximum absolute atomic E-state index is 9.66. The molecular formula is C2H4Cl3NO. The van der Waals surface area contributed by atoms with E-state index in [1.54, 1.807) is 0 Å². The van der Waals surface area contributed by atoms with Gasteiger partial charge in [-0.25, -0.2) is 0 Å². The van der Waals surface area contributed by atoms with Gasteiger partial charge < -0.3 is 5.73 Å². The Morgan fingerprint density at radius 2 is 1.71 bits per heavy atom. The SMILES string of the molecule is Cl.NC(=O)C(Cl)Cl. The third-order valence-corrected chi connectivity index (χ3v) is 0.645. The normalized spacial score (nSPS) is 7.86. The molecule has 0 spiro atoms. The van der Waals surface area contributed by atoms with Crippen molar-refractivity contribution in [2.45, 2.75) is 4.84 Å². The van der Waals surface area contributed by atoms with Gasteiger partial charge in [-0.3, -0.25) is 4.79 Å². The van der Waals surface area contributed by atoms with Crippen LogP contribution in [-0.2, 0) is 4.79 Å². The fourth-order valence-electron chi connectivity index (χ4n) is 0. The highest BCUT2D eigenvalue weighted by Crippen LogP contribution is 1.97. The average Bonchev–Trinajstić information content (AvgIpc) is 1.36. The first-order valence-electron chi connectivity index (χ1n) is 1.22. The number of amides is 1. The first kappa shape index (κ1) is 10.3. The number of nitrogens with two attached hydrogens (primary N) is 1. The van der Waals surface area contributed by atoms with E-state index in [1.165, 1.54) is 0 Å². The molecule has 0 aromatic rings. The van der Waals surface area contributed by atoms with E-state index in [0.717, 1.165) is 0 Å². The highest BCUT2D eigenvalue weighted by molar-refractivity contribution is 6.53. The molecule has 0 bridgehead atoms. The predicted octanol–water partition coefficient (Wildman–Crippen LogP) is 0.697. The van der Waals surface area contributed by atoms with E-state index in [2.05, 4.69) is 5.73 Å². The Labute approximate surface area is 57.4 Å². The van der Waals surface area contributed by atoms with Crippen LogP contribution in [0.3, 0.4) is 0 Å². The second kappa shape index (κ2) is 4.50. The van der Waals surface area contributed by atoms with Gasteiger partial charge in [-0.1, -0.05) is 23.2 Å². The van der Waals surface area contributed by atoms with Crippen molar-refractivity contribution >= 4 is 41.5 Å². The van der Waals surface area contributed by atoms with Gasteiger partial charge >= 0.3 is 0 Å². The highest BCUT2D eigenvalue weighted by Gasteiger charge is 2.02. The number of halogens is 3. The van der Waals surface area contributed by atoms with Crippen molar-refractivity contribution in [3.63, 3.8) is 0 Å². The lowest BCUT2D eigenvalue weighted by Crippen LogP contribution is -2.17. The maximum Gasteiger partial charge on any atom is 0.250 e. The summed E-state index contributed by atoms with van der Waals surface area (Å²) in [5.41, 5.74) is 4.53. The third kappa shape index (κ3) is 6.34. The number of hydrogen-bond donors (Lipinski definition) is 1. The molecule has 0 rings (SSSR count). The minimum Gasteiger partial charge on any atom is -0.367 e. The maximum atomic E-state index is 9.66. The van der Waals surface area contributed by atoms with Crippen LogP contribution >= 0.6 is 35.6 Å². The summed E-state index contributed by atoms with van der Waals surface area (Å²) < 4.78 is 0. The predicted molar refractivity (Wildman–Crippen MR) is 31.9 cm³/mol. The molecule has 0 saturated heterocycles. The van der Waals surface area contributed by atoms with E-state index in [1.807, 2.05) is 0 Å². The van der Waals surface area contributed by atoms with Gasteiger partial charge in [-0.15, -0.1) is 12.4 Å². The molecule has 0 radical (unpaired) electrons. The van der Waals surface area contributed by atoms with Crippen molar-refractivity contribution < 1.29 is 4.79 Å². The molecule has 5 heteroatoms. The number of hydrogen-bond acceptors (Lipinski definition) is 1. The van der Waals surface area contributed by atoms with Gasteiger partial charge in [0.2, 0.25) is 0 Å². The smallest absolute Gasteiger partial charge is 0.250 e. The van der Waals surface area contributed by atoms with E-state index in [9.17, 15) is 4.79 Å². The number of carbonyl (C=O) groups is 1. The minimum atomic E-state index is -1.06. The second-order valence-corrected chi connectivity index (χ2v) is 1.80. The molecule has 0 aliphatic carbocycles. The van der Waals surface area contributed by atoms with E-state index < -0.39 is 10.7 Å². The molecule has 0 aliphatic rings. The number of primary amides is 1. The van der Waals surface area contributed by atoms with E-state index in [0.29, 0.717) is 0 Å². The number of rotatable bonds is 1. The summed E-state index contributed by atoms with van der Waals surface area (Å²) in [6.07, 6.45) is 0. The van der Waals surface area contributed by atoms with Gasteiger partial charge in [0.25, 0.3) is 5.91 Å². The van der Waals surface area contributed by atoms with Gasteiger partial charge in [0.1, 0.15) is 0 Å². The van der Waals surface area contributed by atoms with Crippen LogP contribution in [0.2, 0.25) is 0 Å². The van der Waals surface area contributed by atoms with Crippen molar-refractivity contribution in [3.8, 4) is 0 Å². The largest absolute Gasteiger partial charge is 0.367 e. The molecule has 2 nitrogen and oxygen atoms in total. The zero-order valence-electron chi connectivity index (χ0n) is 3.23. The Morgan fingerprint density at radius 1 is 1.57 bits per heavy atom. The minimum absolute atomic E-state index is 0. The Hall–Kier alpha value is 0.340. The van der Waals surface area contributed by atoms with Crippen LogP contribution < -0.4 is 5.73 Å². The summed E-state index contributed by atoms with van der Waals surface area (Å²) in [6.45, 7) is 0. The first-order valence-corrected chi connectivity index (χ1v) is 2.09. The molecule has 44 valence electrons. The summed E-state index contributed by atoms with van der Waals surface area (Å²) in [7, 11) is 0. The zero-order valence-corrected chi connectivity index (χ0v) is 5.56. The molecular weight excluding hydrogens is 160 g/mol. The molecule has 1 amide bonds. The van der Waals surface area contributed by atoms with Crippen molar-refractivity contribution in [1.29, 1.82) is 0 Å². The van der Waals surface area contributed by atoms with Gasteiger partial charge in [-0.2, -0.15) is 0 Å². The Kier molecular flexibility index (Phi) is 6.65. The lowest BCUT2D eigenvalue weighted by molar-refractivity contribution is -0.116. The van der Waals surface area contributed by atoms with Gasteiger partial charge in [-0.05, 0) is 0 Å². The topological polar surface area (TPSA) is 43.1 Å². The van der Waals surface area contributed by atoms with Crippen molar-refractivity contribution in [2.24, 2.45) is 5.73 Å².